The van der Waals surface area contributed by atoms with E-state index in [0.717, 1.165) is 17.8 Å². The van der Waals surface area contributed by atoms with E-state index in [2.05, 4.69) is 39.6 Å². The van der Waals surface area contributed by atoms with Crippen molar-refractivity contribution in [3.05, 3.63) is 11.7 Å². The molecule has 0 aliphatic heterocycles. The van der Waals surface area contributed by atoms with Gasteiger partial charge in [0, 0.05) is 13.1 Å². The highest BCUT2D eigenvalue weighted by Crippen LogP contribution is 2.29. The summed E-state index contributed by atoms with van der Waals surface area (Å²) in [5.74, 6) is 3.71. The first-order valence-electron chi connectivity index (χ1n) is 7.85. The summed E-state index contributed by atoms with van der Waals surface area (Å²) < 4.78 is 5.08. The first-order chi connectivity index (χ1) is 10.1. The Kier molecular flexibility index (Phi) is 5.59. The molecule has 6 nitrogen and oxygen atoms in total. The fourth-order valence-electron chi connectivity index (χ4n) is 2.89. The lowest BCUT2D eigenvalue weighted by molar-refractivity contribution is 0.250. The van der Waals surface area contributed by atoms with Gasteiger partial charge in [-0.2, -0.15) is 4.98 Å². The monoisotopic (exact) mass is 293 g/mol. The van der Waals surface area contributed by atoms with Crippen molar-refractivity contribution in [2.24, 2.45) is 16.8 Å². The second kappa shape index (κ2) is 7.43. The summed E-state index contributed by atoms with van der Waals surface area (Å²) in [4.78, 5) is 8.43. The van der Waals surface area contributed by atoms with Crippen molar-refractivity contribution in [2.75, 3.05) is 7.05 Å². The summed E-state index contributed by atoms with van der Waals surface area (Å²) in [7, 11) is 1.79. The number of guanidine groups is 1. The molecule has 0 radical (unpaired) electrons. The lowest BCUT2D eigenvalue weighted by Crippen LogP contribution is -2.44. The molecule has 1 aromatic rings. The van der Waals surface area contributed by atoms with E-state index in [9.17, 15) is 0 Å². The minimum absolute atomic E-state index is 0.502. The highest BCUT2D eigenvalue weighted by atomic mass is 16.5. The maximum atomic E-state index is 5.08. The van der Waals surface area contributed by atoms with E-state index in [0.29, 0.717) is 24.3 Å². The van der Waals surface area contributed by atoms with Crippen LogP contribution in [0.5, 0.6) is 0 Å². The largest absolute Gasteiger partial charge is 0.354 e. The van der Waals surface area contributed by atoms with Crippen LogP contribution in [0.4, 0.5) is 0 Å². The quantitative estimate of drug-likeness (QED) is 0.658. The Hall–Kier alpha value is -1.59. The molecule has 0 unspecified atom stereocenters. The molecule has 21 heavy (non-hydrogen) atoms. The van der Waals surface area contributed by atoms with E-state index in [-0.39, 0.29) is 0 Å². The summed E-state index contributed by atoms with van der Waals surface area (Å²) in [6, 6.07) is 0.510. The van der Waals surface area contributed by atoms with E-state index >= 15 is 0 Å². The van der Waals surface area contributed by atoms with Gasteiger partial charge in [-0.05, 0) is 44.4 Å². The molecule has 0 atom stereocenters. The second-order valence-corrected chi connectivity index (χ2v) is 6.16. The Labute approximate surface area is 126 Å². The summed E-state index contributed by atoms with van der Waals surface area (Å²) in [5, 5.41) is 10.5. The van der Waals surface area contributed by atoms with Gasteiger partial charge in [0.1, 0.15) is 0 Å². The van der Waals surface area contributed by atoms with Gasteiger partial charge in [0.2, 0.25) is 5.89 Å². The molecule has 2 N–H and O–H groups in total. The molecule has 0 amide bonds. The molecular formula is C15H27N5O. The maximum absolute atomic E-state index is 5.08. The molecule has 0 saturated heterocycles. The third-order valence-corrected chi connectivity index (χ3v) is 4.26. The van der Waals surface area contributed by atoms with Crippen LogP contribution in [0.3, 0.4) is 0 Å². The summed E-state index contributed by atoms with van der Waals surface area (Å²) >= 11 is 0. The molecule has 2 rings (SSSR count). The van der Waals surface area contributed by atoms with Crippen LogP contribution in [-0.2, 0) is 6.54 Å². The average molecular weight is 293 g/mol. The smallest absolute Gasteiger partial charge is 0.246 e. The number of hydrogen-bond acceptors (Lipinski definition) is 4. The number of aryl methyl sites for hydroxylation is 1. The number of rotatable bonds is 4. The van der Waals surface area contributed by atoms with Crippen molar-refractivity contribution in [2.45, 2.75) is 59.0 Å². The minimum atomic E-state index is 0.502. The van der Waals surface area contributed by atoms with Gasteiger partial charge in [-0.25, -0.2) is 0 Å². The van der Waals surface area contributed by atoms with Crippen molar-refractivity contribution < 1.29 is 4.52 Å². The lowest BCUT2D eigenvalue weighted by Gasteiger charge is -2.32. The third kappa shape index (κ3) is 4.72. The SMILES string of the molecule is CN=C(NCc1nc(C)no1)NC1CCC(C(C)C)CC1. The highest BCUT2D eigenvalue weighted by Gasteiger charge is 2.23. The number of nitrogens with one attached hydrogen (secondary N) is 2. The van der Waals surface area contributed by atoms with Crippen LogP contribution in [0.2, 0.25) is 0 Å². The molecular weight excluding hydrogens is 266 g/mol. The van der Waals surface area contributed by atoms with Crippen LogP contribution in [-0.4, -0.2) is 29.2 Å². The molecule has 1 aliphatic carbocycles. The predicted molar refractivity (Wildman–Crippen MR) is 83.0 cm³/mol. The Bertz CT molecular complexity index is 460. The summed E-state index contributed by atoms with van der Waals surface area (Å²) in [6.45, 7) is 6.96. The van der Waals surface area contributed by atoms with Crippen molar-refractivity contribution in [3.8, 4) is 0 Å². The zero-order chi connectivity index (χ0) is 15.2. The molecule has 0 spiro atoms. The van der Waals surface area contributed by atoms with Crippen LogP contribution >= 0.6 is 0 Å². The average Bonchev–Trinajstić information content (AvgIpc) is 2.89. The lowest BCUT2D eigenvalue weighted by atomic mass is 9.80. The van der Waals surface area contributed by atoms with Crippen molar-refractivity contribution in [1.29, 1.82) is 0 Å². The Morgan fingerprint density at radius 2 is 2.05 bits per heavy atom. The second-order valence-electron chi connectivity index (χ2n) is 6.16. The van der Waals surface area contributed by atoms with E-state index in [1.807, 2.05) is 6.92 Å². The summed E-state index contributed by atoms with van der Waals surface area (Å²) in [6.07, 6.45) is 5.02. The van der Waals surface area contributed by atoms with Gasteiger partial charge < -0.3 is 15.2 Å². The normalized spacial score (nSPS) is 23.4. The molecule has 1 aliphatic rings. The van der Waals surface area contributed by atoms with Crippen LogP contribution < -0.4 is 10.6 Å². The van der Waals surface area contributed by atoms with Crippen LogP contribution in [0, 0.1) is 18.8 Å². The zero-order valence-electron chi connectivity index (χ0n) is 13.5. The Balaban J connectivity index is 1.75. The number of aromatic nitrogens is 2. The van der Waals surface area contributed by atoms with Crippen molar-refractivity contribution in [1.82, 2.24) is 20.8 Å². The van der Waals surface area contributed by atoms with Gasteiger partial charge in [0.25, 0.3) is 0 Å². The molecule has 1 fully saturated rings. The maximum Gasteiger partial charge on any atom is 0.246 e. The van der Waals surface area contributed by atoms with Gasteiger partial charge >= 0.3 is 0 Å². The van der Waals surface area contributed by atoms with Gasteiger partial charge in [-0.15, -0.1) is 0 Å². The predicted octanol–water partition coefficient (Wildman–Crippen LogP) is 2.26. The fraction of sp³-hybridized carbons (Fsp3) is 0.800. The summed E-state index contributed by atoms with van der Waals surface area (Å²) in [5.41, 5.74) is 0. The molecule has 1 heterocycles. The molecule has 6 heteroatoms. The number of hydrogen-bond donors (Lipinski definition) is 2. The molecule has 1 saturated carbocycles. The van der Waals surface area contributed by atoms with E-state index in [4.69, 9.17) is 4.52 Å². The fourth-order valence-corrected chi connectivity index (χ4v) is 2.89. The first-order valence-corrected chi connectivity index (χ1v) is 7.85. The van der Waals surface area contributed by atoms with Crippen LogP contribution in [0.25, 0.3) is 0 Å². The molecule has 1 aromatic heterocycles. The van der Waals surface area contributed by atoms with E-state index < -0.39 is 0 Å². The standard InChI is InChI=1S/C15H27N5O/c1-10(2)12-5-7-13(8-6-12)19-15(16-4)17-9-14-18-11(3)20-21-14/h10,12-13H,5-9H2,1-4H3,(H2,16,17,19). The van der Waals surface area contributed by atoms with E-state index in [1.54, 1.807) is 7.05 Å². The molecule has 0 aromatic carbocycles. The Morgan fingerprint density at radius 3 is 2.57 bits per heavy atom. The van der Waals surface area contributed by atoms with Gasteiger partial charge in [-0.3, -0.25) is 4.99 Å². The number of nitrogens with zero attached hydrogens (tertiary/aromatic N) is 3. The van der Waals surface area contributed by atoms with Crippen molar-refractivity contribution >= 4 is 5.96 Å². The van der Waals surface area contributed by atoms with Gasteiger partial charge in [0.15, 0.2) is 11.8 Å². The Morgan fingerprint density at radius 1 is 1.33 bits per heavy atom. The molecule has 0 bridgehead atoms. The number of aliphatic imine (C=N–C) groups is 1. The van der Waals surface area contributed by atoms with Gasteiger partial charge in [0.05, 0.1) is 6.54 Å². The van der Waals surface area contributed by atoms with Crippen LogP contribution in [0.15, 0.2) is 9.52 Å². The van der Waals surface area contributed by atoms with Crippen LogP contribution in [0.1, 0.15) is 51.2 Å². The van der Waals surface area contributed by atoms with E-state index in [1.165, 1.54) is 25.7 Å². The first kappa shape index (κ1) is 15.8. The molecule has 118 valence electrons. The zero-order valence-corrected chi connectivity index (χ0v) is 13.5. The third-order valence-electron chi connectivity index (χ3n) is 4.26. The minimum Gasteiger partial charge on any atom is -0.354 e. The highest BCUT2D eigenvalue weighted by molar-refractivity contribution is 5.79. The van der Waals surface area contributed by atoms with Gasteiger partial charge in [-0.1, -0.05) is 19.0 Å². The topological polar surface area (TPSA) is 75.3 Å². The van der Waals surface area contributed by atoms with Crippen molar-refractivity contribution in [3.63, 3.8) is 0 Å².